The first-order valence-corrected chi connectivity index (χ1v) is 8.82. The van der Waals surface area contributed by atoms with Crippen molar-refractivity contribution < 1.29 is 14.1 Å². The Morgan fingerprint density at radius 3 is 2.80 bits per heavy atom. The molecule has 0 saturated heterocycles. The summed E-state index contributed by atoms with van der Waals surface area (Å²) in [7, 11) is 1.67. The van der Waals surface area contributed by atoms with Crippen molar-refractivity contribution in [2.24, 2.45) is 0 Å². The predicted octanol–water partition coefficient (Wildman–Crippen LogP) is 3.88. The first-order chi connectivity index (χ1) is 12.0. The summed E-state index contributed by atoms with van der Waals surface area (Å²) in [5.74, 6) is 1.29. The highest BCUT2D eigenvalue weighted by molar-refractivity contribution is 7.13. The molecule has 25 heavy (non-hydrogen) atoms. The summed E-state index contributed by atoms with van der Waals surface area (Å²) in [6.45, 7) is 1.91. The van der Waals surface area contributed by atoms with Crippen LogP contribution in [0.25, 0.3) is 10.7 Å². The number of carbonyl (C=O) groups excluding carboxylic acids is 1. The fourth-order valence-electron chi connectivity index (χ4n) is 2.18. The molecule has 1 atom stereocenters. The molecule has 3 aromatic rings. The van der Waals surface area contributed by atoms with E-state index in [1.807, 2.05) is 17.5 Å². The number of benzene rings is 1. The molecule has 6 nitrogen and oxygen atoms in total. The first kappa shape index (κ1) is 17.4. The Morgan fingerprint density at radius 1 is 1.36 bits per heavy atom. The molecule has 0 aliphatic carbocycles. The van der Waals surface area contributed by atoms with E-state index in [0.29, 0.717) is 22.5 Å². The van der Waals surface area contributed by atoms with Crippen molar-refractivity contribution in [3.05, 3.63) is 52.7 Å². The normalized spacial score (nSPS) is 12.0. The number of halogens is 1. The SMILES string of the molecule is C[C@@H](Oc1ccc(Cl)cc1)C(=O)N(C)Cc1nc(-c2cccs2)no1. The van der Waals surface area contributed by atoms with Gasteiger partial charge >= 0.3 is 0 Å². The molecule has 0 fully saturated rings. The van der Waals surface area contributed by atoms with E-state index in [2.05, 4.69) is 10.1 Å². The molecule has 1 aromatic carbocycles. The lowest BCUT2D eigenvalue weighted by atomic mass is 10.3. The van der Waals surface area contributed by atoms with Gasteiger partial charge in [0.2, 0.25) is 11.7 Å². The number of ether oxygens (including phenoxy) is 1. The molecule has 0 spiro atoms. The lowest BCUT2D eigenvalue weighted by Crippen LogP contribution is -2.37. The second kappa shape index (κ2) is 7.67. The predicted molar refractivity (Wildman–Crippen MR) is 95.6 cm³/mol. The van der Waals surface area contributed by atoms with Crippen LogP contribution in [-0.4, -0.2) is 34.1 Å². The Labute approximate surface area is 154 Å². The quantitative estimate of drug-likeness (QED) is 0.652. The third kappa shape index (κ3) is 4.37. The zero-order valence-corrected chi connectivity index (χ0v) is 15.3. The number of thiophene rings is 1. The average Bonchev–Trinajstić information content (AvgIpc) is 3.27. The molecular weight excluding hydrogens is 362 g/mol. The van der Waals surface area contributed by atoms with Gasteiger partial charge in [-0.25, -0.2) is 0 Å². The maximum Gasteiger partial charge on any atom is 0.263 e. The number of carbonyl (C=O) groups is 1. The Kier molecular flexibility index (Phi) is 5.35. The Hall–Kier alpha value is -2.38. The molecule has 3 rings (SSSR count). The lowest BCUT2D eigenvalue weighted by molar-refractivity contribution is -0.137. The molecule has 0 N–H and O–H groups in total. The number of amides is 1. The van der Waals surface area contributed by atoms with Crippen LogP contribution in [0.2, 0.25) is 5.02 Å². The van der Waals surface area contributed by atoms with Gasteiger partial charge in [0, 0.05) is 12.1 Å². The summed E-state index contributed by atoms with van der Waals surface area (Å²) < 4.78 is 10.9. The van der Waals surface area contributed by atoms with Crippen LogP contribution in [0.4, 0.5) is 0 Å². The minimum Gasteiger partial charge on any atom is -0.481 e. The maximum atomic E-state index is 12.4. The highest BCUT2D eigenvalue weighted by Gasteiger charge is 2.21. The molecule has 8 heteroatoms. The summed E-state index contributed by atoms with van der Waals surface area (Å²) >= 11 is 7.36. The van der Waals surface area contributed by atoms with Gasteiger partial charge in [-0.05, 0) is 42.6 Å². The van der Waals surface area contributed by atoms with Crippen LogP contribution in [0.5, 0.6) is 5.75 Å². The summed E-state index contributed by atoms with van der Waals surface area (Å²) in [6.07, 6.45) is -0.647. The summed E-state index contributed by atoms with van der Waals surface area (Å²) in [6, 6.07) is 10.7. The fourth-order valence-corrected chi connectivity index (χ4v) is 2.96. The minimum atomic E-state index is -0.647. The van der Waals surface area contributed by atoms with Crippen molar-refractivity contribution in [3.8, 4) is 16.5 Å². The van der Waals surface area contributed by atoms with E-state index in [-0.39, 0.29) is 12.5 Å². The highest BCUT2D eigenvalue weighted by Crippen LogP contribution is 2.22. The van der Waals surface area contributed by atoms with E-state index in [9.17, 15) is 4.79 Å². The third-order valence-electron chi connectivity index (χ3n) is 3.43. The van der Waals surface area contributed by atoms with Gasteiger partial charge in [-0.3, -0.25) is 4.79 Å². The molecule has 0 radical (unpaired) electrons. The molecular formula is C17H16ClN3O3S. The minimum absolute atomic E-state index is 0.189. The van der Waals surface area contributed by atoms with E-state index in [4.69, 9.17) is 20.9 Å². The van der Waals surface area contributed by atoms with Gasteiger partial charge in [0.15, 0.2) is 6.10 Å². The van der Waals surface area contributed by atoms with Gasteiger partial charge in [-0.15, -0.1) is 11.3 Å². The third-order valence-corrected chi connectivity index (χ3v) is 4.55. The standard InChI is InChI=1S/C17H16ClN3O3S/c1-11(23-13-7-5-12(18)6-8-13)17(22)21(2)10-15-19-16(20-24-15)14-4-3-9-25-14/h3-9,11H,10H2,1-2H3/t11-/m1/s1. The van der Waals surface area contributed by atoms with Gasteiger partial charge < -0.3 is 14.2 Å². The summed E-state index contributed by atoms with van der Waals surface area (Å²) in [4.78, 5) is 19.2. The van der Waals surface area contributed by atoms with Crippen LogP contribution < -0.4 is 4.74 Å². The number of hydrogen-bond acceptors (Lipinski definition) is 6. The Morgan fingerprint density at radius 2 is 2.12 bits per heavy atom. The zero-order chi connectivity index (χ0) is 17.8. The smallest absolute Gasteiger partial charge is 0.263 e. The van der Waals surface area contributed by atoms with E-state index in [1.54, 1.807) is 38.2 Å². The first-order valence-electron chi connectivity index (χ1n) is 7.56. The molecule has 0 bridgehead atoms. The van der Waals surface area contributed by atoms with Crippen molar-refractivity contribution in [1.29, 1.82) is 0 Å². The van der Waals surface area contributed by atoms with Crippen LogP contribution in [0.3, 0.4) is 0 Å². The molecule has 0 aliphatic rings. The van der Waals surface area contributed by atoms with Gasteiger partial charge in [-0.1, -0.05) is 22.8 Å². The van der Waals surface area contributed by atoms with Crippen LogP contribution >= 0.6 is 22.9 Å². The molecule has 130 valence electrons. The zero-order valence-electron chi connectivity index (χ0n) is 13.7. The Balaban J connectivity index is 1.59. The fraction of sp³-hybridized carbons (Fsp3) is 0.235. The molecule has 0 unspecified atom stereocenters. The van der Waals surface area contributed by atoms with Crippen molar-refractivity contribution >= 4 is 28.8 Å². The Bertz CT molecular complexity index is 833. The second-order valence-corrected chi connectivity index (χ2v) is 6.78. The van der Waals surface area contributed by atoms with Crippen LogP contribution in [0, 0.1) is 0 Å². The van der Waals surface area contributed by atoms with E-state index in [1.165, 1.54) is 16.2 Å². The largest absolute Gasteiger partial charge is 0.481 e. The number of nitrogens with zero attached hydrogens (tertiary/aromatic N) is 3. The van der Waals surface area contributed by atoms with Gasteiger partial charge in [-0.2, -0.15) is 4.98 Å². The highest BCUT2D eigenvalue weighted by atomic mass is 35.5. The number of aromatic nitrogens is 2. The topological polar surface area (TPSA) is 68.5 Å². The lowest BCUT2D eigenvalue weighted by Gasteiger charge is -2.20. The molecule has 1 amide bonds. The molecule has 2 heterocycles. The van der Waals surface area contributed by atoms with Gasteiger partial charge in [0.1, 0.15) is 5.75 Å². The molecule has 2 aromatic heterocycles. The van der Waals surface area contributed by atoms with Crippen molar-refractivity contribution in [2.45, 2.75) is 19.6 Å². The van der Waals surface area contributed by atoms with E-state index >= 15 is 0 Å². The van der Waals surface area contributed by atoms with Crippen molar-refractivity contribution in [1.82, 2.24) is 15.0 Å². The number of hydrogen-bond donors (Lipinski definition) is 0. The maximum absolute atomic E-state index is 12.4. The van der Waals surface area contributed by atoms with Crippen molar-refractivity contribution in [3.63, 3.8) is 0 Å². The monoisotopic (exact) mass is 377 g/mol. The molecule has 0 aliphatic heterocycles. The van der Waals surface area contributed by atoms with Crippen molar-refractivity contribution in [2.75, 3.05) is 7.05 Å². The van der Waals surface area contributed by atoms with Gasteiger partial charge in [0.05, 0.1) is 11.4 Å². The number of likely N-dealkylation sites (N-methyl/N-ethyl adjacent to an activating group) is 1. The molecule has 0 saturated carbocycles. The van der Waals surface area contributed by atoms with Crippen LogP contribution in [-0.2, 0) is 11.3 Å². The summed E-state index contributed by atoms with van der Waals surface area (Å²) in [5, 5.41) is 6.49. The van der Waals surface area contributed by atoms with Gasteiger partial charge in [0.25, 0.3) is 5.91 Å². The van der Waals surface area contributed by atoms with E-state index in [0.717, 1.165) is 4.88 Å². The second-order valence-electron chi connectivity index (χ2n) is 5.40. The van der Waals surface area contributed by atoms with Crippen LogP contribution in [0.15, 0.2) is 46.3 Å². The average molecular weight is 378 g/mol. The number of rotatable bonds is 6. The van der Waals surface area contributed by atoms with E-state index < -0.39 is 6.10 Å². The summed E-state index contributed by atoms with van der Waals surface area (Å²) in [5.41, 5.74) is 0. The van der Waals surface area contributed by atoms with Crippen LogP contribution in [0.1, 0.15) is 12.8 Å².